The average Bonchev–Trinajstić information content (AvgIpc) is 2.69. The van der Waals surface area contributed by atoms with Crippen LogP contribution >= 0.6 is 23.2 Å². The topological polar surface area (TPSA) is 84.9 Å². The number of amides is 1. The van der Waals surface area contributed by atoms with Gasteiger partial charge in [-0.05, 0) is 30.3 Å². The number of para-hydroxylation sites is 1. The fraction of sp³-hybridized carbons (Fsp3) is 0.278. The Kier molecular flexibility index (Phi) is 6.79. The number of sulfonamides is 1. The van der Waals surface area contributed by atoms with Gasteiger partial charge in [0.1, 0.15) is 5.75 Å². The first-order valence-corrected chi connectivity index (χ1v) is 10.6. The predicted octanol–water partition coefficient (Wildman–Crippen LogP) is 3.03. The first kappa shape index (κ1) is 20.9. The lowest BCUT2D eigenvalue weighted by atomic mass is 10.3. The van der Waals surface area contributed by atoms with Crippen LogP contribution in [0.15, 0.2) is 47.4 Å². The molecule has 28 heavy (non-hydrogen) atoms. The van der Waals surface area contributed by atoms with E-state index in [1.165, 1.54) is 22.5 Å². The molecule has 2 aromatic rings. The molecule has 7 nitrogen and oxygen atoms in total. The number of benzene rings is 2. The number of halogens is 2. The summed E-state index contributed by atoms with van der Waals surface area (Å²) in [6.07, 6.45) is 0. The third kappa shape index (κ3) is 4.95. The van der Waals surface area contributed by atoms with Gasteiger partial charge in [-0.1, -0.05) is 35.3 Å². The van der Waals surface area contributed by atoms with Gasteiger partial charge in [-0.2, -0.15) is 4.31 Å². The van der Waals surface area contributed by atoms with Crippen LogP contribution in [0.4, 0.5) is 5.69 Å². The summed E-state index contributed by atoms with van der Waals surface area (Å²) in [5.74, 6) is -0.217. The quantitative estimate of drug-likeness (QED) is 0.739. The Bertz CT molecular complexity index is 962. The van der Waals surface area contributed by atoms with Crippen LogP contribution in [-0.4, -0.2) is 51.5 Å². The van der Waals surface area contributed by atoms with Crippen molar-refractivity contribution in [3.63, 3.8) is 0 Å². The molecule has 0 bridgehead atoms. The lowest BCUT2D eigenvalue weighted by Gasteiger charge is -2.26. The molecule has 10 heteroatoms. The number of hydrogen-bond acceptors (Lipinski definition) is 5. The van der Waals surface area contributed by atoms with Crippen LogP contribution in [-0.2, 0) is 19.6 Å². The second kappa shape index (κ2) is 9.11. The maximum atomic E-state index is 12.6. The van der Waals surface area contributed by atoms with Crippen LogP contribution in [0.3, 0.4) is 0 Å². The van der Waals surface area contributed by atoms with Gasteiger partial charge in [-0.15, -0.1) is 0 Å². The number of hydrogen-bond donors (Lipinski definition) is 1. The van der Waals surface area contributed by atoms with E-state index in [1.54, 1.807) is 24.3 Å². The number of morpholine rings is 1. The Morgan fingerprint density at radius 1 is 1.11 bits per heavy atom. The van der Waals surface area contributed by atoms with Gasteiger partial charge in [0.15, 0.2) is 6.61 Å². The van der Waals surface area contributed by atoms with E-state index < -0.39 is 15.9 Å². The Morgan fingerprint density at radius 3 is 2.50 bits per heavy atom. The molecular formula is C18H18Cl2N2O5S. The molecule has 1 heterocycles. The SMILES string of the molecule is O=C(COc1ccc(S(=O)(=O)N2CCOCC2)cc1Cl)Nc1ccccc1Cl. The van der Waals surface area contributed by atoms with E-state index in [0.29, 0.717) is 37.0 Å². The van der Waals surface area contributed by atoms with Gasteiger partial charge >= 0.3 is 0 Å². The summed E-state index contributed by atoms with van der Waals surface area (Å²) in [5, 5.41) is 3.13. The number of carbonyl (C=O) groups excluding carboxylic acids is 1. The summed E-state index contributed by atoms with van der Waals surface area (Å²) in [7, 11) is -3.66. The molecule has 0 spiro atoms. The van der Waals surface area contributed by atoms with Crippen molar-refractivity contribution in [2.24, 2.45) is 0 Å². The van der Waals surface area contributed by atoms with E-state index >= 15 is 0 Å². The minimum Gasteiger partial charge on any atom is -0.482 e. The molecule has 1 N–H and O–H groups in total. The molecule has 1 aliphatic heterocycles. The molecule has 0 aliphatic carbocycles. The summed E-state index contributed by atoms with van der Waals surface area (Å²) in [4.78, 5) is 12.1. The summed E-state index contributed by atoms with van der Waals surface area (Å²) in [5.41, 5.74) is 0.468. The predicted molar refractivity (Wildman–Crippen MR) is 107 cm³/mol. The molecule has 2 aromatic carbocycles. The average molecular weight is 445 g/mol. The highest BCUT2D eigenvalue weighted by Gasteiger charge is 2.27. The van der Waals surface area contributed by atoms with Gasteiger partial charge in [0, 0.05) is 13.1 Å². The monoisotopic (exact) mass is 444 g/mol. The third-order valence-corrected chi connectivity index (χ3v) is 6.54. The zero-order valence-electron chi connectivity index (χ0n) is 14.7. The minimum atomic E-state index is -3.66. The van der Waals surface area contributed by atoms with E-state index in [0.717, 1.165) is 0 Å². The van der Waals surface area contributed by atoms with Crippen molar-refractivity contribution in [1.29, 1.82) is 0 Å². The number of ether oxygens (including phenoxy) is 2. The Labute approximate surface area is 173 Å². The van der Waals surface area contributed by atoms with Gasteiger partial charge < -0.3 is 14.8 Å². The molecule has 0 atom stereocenters. The lowest BCUT2D eigenvalue weighted by molar-refractivity contribution is -0.118. The van der Waals surface area contributed by atoms with Crippen molar-refractivity contribution >= 4 is 44.8 Å². The number of rotatable bonds is 6. The molecule has 0 aromatic heterocycles. The molecule has 1 fully saturated rings. The highest BCUT2D eigenvalue weighted by atomic mass is 35.5. The normalized spacial score (nSPS) is 15.2. The van der Waals surface area contributed by atoms with Gasteiger partial charge in [0.05, 0.1) is 33.8 Å². The zero-order chi connectivity index (χ0) is 20.1. The van der Waals surface area contributed by atoms with Gasteiger partial charge in [-0.3, -0.25) is 4.79 Å². The lowest BCUT2D eigenvalue weighted by Crippen LogP contribution is -2.40. The molecule has 3 rings (SSSR count). The molecule has 150 valence electrons. The smallest absolute Gasteiger partial charge is 0.262 e. The second-order valence-electron chi connectivity index (χ2n) is 5.93. The molecule has 0 unspecified atom stereocenters. The number of anilines is 1. The highest BCUT2D eigenvalue weighted by Crippen LogP contribution is 2.29. The van der Waals surface area contributed by atoms with Gasteiger partial charge in [0.2, 0.25) is 10.0 Å². The molecule has 1 aliphatic rings. The summed E-state index contributed by atoms with van der Waals surface area (Å²) < 4.78 is 37.2. The Balaban J connectivity index is 1.64. The third-order valence-electron chi connectivity index (χ3n) is 4.02. The Morgan fingerprint density at radius 2 is 1.82 bits per heavy atom. The standard InChI is InChI=1S/C18H18Cl2N2O5S/c19-14-3-1-2-4-16(14)21-18(23)12-27-17-6-5-13(11-15(17)20)28(24,25)22-7-9-26-10-8-22/h1-6,11H,7-10,12H2,(H,21,23). The van der Waals surface area contributed by atoms with Crippen LogP contribution in [0.5, 0.6) is 5.75 Å². The van der Waals surface area contributed by atoms with Gasteiger partial charge in [0.25, 0.3) is 5.91 Å². The van der Waals surface area contributed by atoms with Crippen molar-refractivity contribution in [3.8, 4) is 5.75 Å². The molecular weight excluding hydrogens is 427 g/mol. The summed E-state index contributed by atoms with van der Waals surface area (Å²) in [6, 6.07) is 11.0. The molecule has 0 radical (unpaired) electrons. The van der Waals surface area contributed by atoms with Crippen molar-refractivity contribution in [1.82, 2.24) is 4.31 Å². The largest absolute Gasteiger partial charge is 0.482 e. The number of nitrogens with one attached hydrogen (secondary N) is 1. The van der Waals surface area contributed by atoms with Crippen LogP contribution in [0, 0.1) is 0 Å². The second-order valence-corrected chi connectivity index (χ2v) is 8.68. The van der Waals surface area contributed by atoms with Crippen molar-refractivity contribution in [3.05, 3.63) is 52.5 Å². The zero-order valence-corrected chi connectivity index (χ0v) is 17.1. The van der Waals surface area contributed by atoms with E-state index in [-0.39, 0.29) is 22.3 Å². The highest BCUT2D eigenvalue weighted by molar-refractivity contribution is 7.89. The Hall–Kier alpha value is -1.84. The minimum absolute atomic E-state index is 0.0623. The van der Waals surface area contributed by atoms with E-state index in [9.17, 15) is 13.2 Å². The van der Waals surface area contributed by atoms with Crippen LogP contribution in [0.25, 0.3) is 0 Å². The van der Waals surface area contributed by atoms with E-state index in [1.807, 2.05) is 0 Å². The molecule has 1 amide bonds. The number of carbonyl (C=O) groups is 1. The first-order chi connectivity index (χ1) is 13.4. The number of nitrogens with zero attached hydrogens (tertiary/aromatic N) is 1. The van der Waals surface area contributed by atoms with E-state index in [2.05, 4.69) is 5.32 Å². The van der Waals surface area contributed by atoms with E-state index in [4.69, 9.17) is 32.7 Å². The molecule has 1 saturated heterocycles. The maximum Gasteiger partial charge on any atom is 0.262 e. The maximum absolute atomic E-state index is 12.6. The fourth-order valence-electron chi connectivity index (χ4n) is 2.59. The first-order valence-electron chi connectivity index (χ1n) is 8.42. The van der Waals surface area contributed by atoms with Crippen LogP contribution < -0.4 is 10.1 Å². The van der Waals surface area contributed by atoms with Gasteiger partial charge in [-0.25, -0.2) is 8.42 Å². The summed E-state index contributed by atoms with van der Waals surface area (Å²) in [6.45, 7) is 0.991. The van der Waals surface area contributed by atoms with Crippen molar-refractivity contribution in [2.75, 3.05) is 38.2 Å². The van der Waals surface area contributed by atoms with Crippen molar-refractivity contribution < 1.29 is 22.7 Å². The fourth-order valence-corrected chi connectivity index (χ4v) is 4.50. The van der Waals surface area contributed by atoms with Crippen LogP contribution in [0.2, 0.25) is 10.0 Å². The van der Waals surface area contributed by atoms with Crippen molar-refractivity contribution in [2.45, 2.75) is 4.90 Å². The molecule has 0 saturated carbocycles. The summed E-state index contributed by atoms with van der Waals surface area (Å²) >= 11 is 12.1. The van der Waals surface area contributed by atoms with Crippen LogP contribution in [0.1, 0.15) is 0 Å².